The van der Waals surface area contributed by atoms with Crippen LogP contribution < -0.4 is 5.73 Å². The first kappa shape index (κ1) is 25.4. The molecular weight excluding hydrogens is 531 g/mol. The van der Waals surface area contributed by atoms with Crippen molar-refractivity contribution >= 4 is 39.1 Å². The molecule has 0 atom stereocenters. The minimum atomic E-state index is -1.19. The maximum atomic E-state index is 14.5. The second-order valence-electron chi connectivity index (χ2n) is 10.2. The molecule has 0 radical (unpaired) electrons. The molecule has 1 aromatic carbocycles. The van der Waals surface area contributed by atoms with E-state index in [2.05, 4.69) is 15.1 Å². The molecule has 0 spiro atoms. The SMILES string of the molecule is Cc1cncc(Cl)c1-c1noc(C2CC2)c1CO[C@H]1CC[C@](O)(c2nc3c(F)cc(C(N)=O)cc3s2)CC1. The number of aryl methyl sites for hydroxylation is 1. The van der Waals surface area contributed by atoms with E-state index in [0.29, 0.717) is 58.6 Å². The van der Waals surface area contributed by atoms with Crippen LogP contribution in [-0.2, 0) is 16.9 Å². The first-order chi connectivity index (χ1) is 18.2. The van der Waals surface area contributed by atoms with Crippen LogP contribution in [0.4, 0.5) is 4.39 Å². The van der Waals surface area contributed by atoms with Gasteiger partial charge < -0.3 is 20.1 Å². The summed E-state index contributed by atoms with van der Waals surface area (Å²) in [5, 5.41) is 16.7. The summed E-state index contributed by atoms with van der Waals surface area (Å²) >= 11 is 7.67. The van der Waals surface area contributed by atoms with Gasteiger partial charge in [0.25, 0.3) is 0 Å². The predicted octanol–water partition coefficient (Wildman–Crippen LogP) is 5.77. The molecule has 11 heteroatoms. The van der Waals surface area contributed by atoms with Gasteiger partial charge in [0.15, 0.2) is 5.82 Å². The van der Waals surface area contributed by atoms with Crippen molar-refractivity contribution < 1.29 is 23.6 Å². The molecule has 2 fully saturated rings. The topological polar surface area (TPSA) is 124 Å². The molecule has 3 N–H and O–H groups in total. The zero-order chi connectivity index (χ0) is 26.6. The number of primary amides is 1. The number of pyridine rings is 1. The van der Waals surface area contributed by atoms with E-state index in [1.54, 1.807) is 12.4 Å². The van der Waals surface area contributed by atoms with Gasteiger partial charge in [0, 0.05) is 35.0 Å². The van der Waals surface area contributed by atoms with Crippen LogP contribution >= 0.6 is 22.9 Å². The summed E-state index contributed by atoms with van der Waals surface area (Å²) in [5.41, 5.74) is 7.66. The van der Waals surface area contributed by atoms with Gasteiger partial charge in [-0.25, -0.2) is 9.37 Å². The van der Waals surface area contributed by atoms with E-state index < -0.39 is 17.3 Å². The lowest BCUT2D eigenvalue weighted by Crippen LogP contribution is -2.34. The molecule has 1 amide bonds. The number of hydrogen-bond acceptors (Lipinski definition) is 8. The fourth-order valence-corrected chi connectivity index (χ4v) is 6.60. The molecule has 3 heterocycles. The van der Waals surface area contributed by atoms with Crippen LogP contribution in [0.1, 0.15) is 76.7 Å². The van der Waals surface area contributed by atoms with Gasteiger partial charge in [0.1, 0.15) is 27.6 Å². The van der Waals surface area contributed by atoms with Gasteiger partial charge in [-0.05, 0) is 63.1 Å². The minimum Gasteiger partial charge on any atom is -0.383 e. The number of rotatable bonds is 7. The summed E-state index contributed by atoms with van der Waals surface area (Å²) < 4.78 is 27.1. The summed E-state index contributed by atoms with van der Waals surface area (Å²) in [5.74, 6) is -0.132. The van der Waals surface area contributed by atoms with E-state index in [-0.39, 0.29) is 17.2 Å². The zero-order valence-electron chi connectivity index (χ0n) is 20.7. The number of amides is 1. The highest BCUT2D eigenvalue weighted by atomic mass is 35.5. The number of fused-ring (bicyclic) bond motifs is 1. The second kappa shape index (κ2) is 9.68. The van der Waals surface area contributed by atoms with Crippen molar-refractivity contribution in [2.24, 2.45) is 5.73 Å². The molecular formula is C27H26ClFN4O4S. The number of halogens is 2. The predicted molar refractivity (Wildman–Crippen MR) is 140 cm³/mol. The van der Waals surface area contributed by atoms with Crippen molar-refractivity contribution in [3.8, 4) is 11.3 Å². The molecule has 2 aliphatic carbocycles. The Morgan fingerprint density at radius 2 is 2.05 bits per heavy atom. The van der Waals surface area contributed by atoms with Crippen LogP contribution in [-0.4, -0.2) is 32.2 Å². The van der Waals surface area contributed by atoms with E-state index >= 15 is 0 Å². The van der Waals surface area contributed by atoms with Gasteiger partial charge >= 0.3 is 0 Å². The number of benzene rings is 1. The first-order valence-corrected chi connectivity index (χ1v) is 13.8. The van der Waals surface area contributed by atoms with Crippen molar-refractivity contribution in [3.63, 3.8) is 0 Å². The molecule has 0 aliphatic heterocycles. The summed E-state index contributed by atoms with van der Waals surface area (Å²) in [6.07, 6.45) is 7.45. The maximum absolute atomic E-state index is 14.5. The number of aromatic nitrogens is 3. The van der Waals surface area contributed by atoms with Crippen molar-refractivity contribution in [2.75, 3.05) is 0 Å². The van der Waals surface area contributed by atoms with Gasteiger partial charge in [0.2, 0.25) is 5.91 Å². The van der Waals surface area contributed by atoms with Gasteiger partial charge in [-0.3, -0.25) is 9.78 Å². The van der Waals surface area contributed by atoms with Crippen LogP contribution in [0.3, 0.4) is 0 Å². The summed E-state index contributed by atoms with van der Waals surface area (Å²) in [7, 11) is 0. The number of carbonyl (C=O) groups excluding carboxylic acids is 1. The third-order valence-corrected chi connectivity index (χ3v) is 8.93. The standard InChI is InChI=1S/C27H26ClFN4O4S/c1-13-10-31-11-18(28)21(13)22-17(24(37-33-22)14-2-3-14)12-36-16-4-6-27(35,7-5-16)26-32-23-19(29)8-15(25(30)34)9-20(23)38-26/h8-11,14,16,35H,2-7,12H2,1H3,(H2,30,34)/t16-,27+. The fraction of sp³-hybridized carbons (Fsp3) is 0.407. The Bertz CT molecular complexity index is 1520. The number of aliphatic hydroxyl groups is 1. The maximum Gasteiger partial charge on any atom is 0.248 e. The number of carbonyl (C=O) groups is 1. The lowest BCUT2D eigenvalue weighted by molar-refractivity contribution is -0.0641. The summed E-state index contributed by atoms with van der Waals surface area (Å²) in [4.78, 5) is 20.0. The average Bonchev–Trinajstić information content (AvgIpc) is 3.48. The molecule has 0 unspecified atom stereocenters. The number of nitrogens with zero attached hydrogens (tertiary/aromatic N) is 3. The summed E-state index contributed by atoms with van der Waals surface area (Å²) in [6.45, 7) is 2.27. The molecule has 8 nitrogen and oxygen atoms in total. The van der Waals surface area contributed by atoms with E-state index in [1.165, 1.54) is 17.4 Å². The van der Waals surface area contributed by atoms with E-state index in [0.717, 1.165) is 41.4 Å². The van der Waals surface area contributed by atoms with Crippen LogP contribution in [0.15, 0.2) is 29.0 Å². The fourth-order valence-electron chi connectivity index (χ4n) is 5.14. The van der Waals surface area contributed by atoms with Crippen LogP contribution in [0, 0.1) is 12.7 Å². The highest BCUT2D eigenvalue weighted by Crippen LogP contribution is 2.46. The third-order valence-electron chi connectivity index (χ3n) is 7.45. The molecule has 2 aliphatic rings. The van der Waals surface area contributed by atoms with E-state index in [4.69, 9.17) is 26.6 Å². The Balaban J connectivity index is 1.18. The smallest absolute Gasteiger partial charge is 0.248 e. The molecule has 38 heavy (non-hydrogen) atoms. The van der Waals surface area contributed by atoms with Gasteiger partial charge in [-0.15, -0.1) is 11.3 Å². The van der Waals surface area contributed by atoms with Gasteiger partial charge in [-0.1, -0.05) is 16.8 Å². The first-order valence-electron chi connectivity index (χ1n) is 12.6. The lowest BCUT2D eigenvalue weighted by Gasteiger charge is -2.34. The van der Waals surface area contributed by atoms with Gasteiger partial charge in [-0.2, -0.15) is 0 Å². The summed E-state index contributed by atoms with van der Waals surface area (Å²) in [6, 6.07) is 2.60. The Labute approximate surface area is 227 Å². The second-order valence-corrected chi connectivity index (χ2v) is 11.6. The Kier molecular flexibility index (Phi) is 6.46. The quantitative estimate of drug-likeness (QED) is 0.296. The molecule has 4 aromatic rings. The largest absolute Gasteiger partial charge is 0.383 e. The Morgan fingerprint density at radius 1 is 1.29 bits per heavy atom. The molecule has 3 aromatic heterocycles. The molecule has 0 bridgehead atoms. The molecule has 2 saturated carbocycles. The van der Waals surface area contributed by atoms with Crippen molar-refractivity contribution in [2.45, 2.75) is 69.7 Å². The van der Waals surface area contributed by atoms with Crippen LogP contribution in [0.5, 0.6) is 0 Å². The average molecular weight is 557 g/mol. The molecule has 6 rings (SSSR count). The third kappa shape index (κ3) is 4.59. The van der Waals surface area contributed by atoms with Crippen LogP contribution in [0.2, 0.25) is 5.02 Å². The normalized spacial score (nSPS) is 21.7. The monoisotopic (exact) mass is 556 g/mol. The van der Waals surface area contributed by atoms with Crippen LogP contribution in [0.25, 0.3) is 21.5 Å². The highest BCUT2D eigenvalue weighted by Gasteiger charge is 2.39. The van der Waals surface area contributed by atoms with Crippen molar-refractivity contribution in [3.05, 3.63) is 62.8 Å². The molecule has 198 valence electrons. The van der Waals surface area contributed by atoms with E-state index in [9.17, 15) is 14.3 Å². The number of ether oxygens (including phenoxy) is 1. The Morgan fingerprint density at radius 3 is 2.74 bits per heavy atom. The van der Waals surface area contributed by atoms with Crippen molar-refractivity contribution in [1.29, 1.82) is 0 Å². The number of thiazole rings is 1. The van der Waals surface area contributed by atoms with Crippen molar-refractivity contribution in [1.82, 2.24) is 15.1 Å². The minimum absolute atomic E-state index is 0.0772. The zero-order valence-corrected chi connectivity index (χ0v) is 22.2. The number of hydrogen-bond donors (Lipinski definition) is 2. The van der Waals surface area contributed by atoms with Gasteiger partial charge in [0.05, 0.1) is 22.4 Å². The number of nitrogens with two attached hydrogens (primary N) is 1. The lowest BCUT2D eigenvalue weighted by atomic mass is 9.83. The molecule has 0 saturated heterocycles. The highest BCUT2D eigenvalue weighted by molar-refractivity contribution is 7.18. The Hall–Kier alpha value is -2.92. The van der Waals surface area contributed by atoms with E-state index in [1.807, 2.05) is 6.92 Å².